The lowest BCUT2D eigenvalue weighted by Gasteiger charge is -2.33. The molecule has 4 aromatic rings. The Morgan fingerprint density at radius 3 is 1.98 bits per heavy atom. The maximum absolute atomic E-state index is 14.4. The van der Waals surface area contributed by atoms with Crippen molar-refractivity contribution in [2.24, 2.45) is 5.92 Å². The molecule has 0 aromatic heterocycles. The van der Waals surface area contributed by atoms with Crippen LogP contribution in [-0.4, -0.2) is 35.2 Å². The summed E-state index contributed by atoms with van der Waals surface area (Å²) >= 11 is 0. The molecule has 4 aromatic carbocycles. The third-order valence-electron chi connectivity index (χ3n) is 8.13. The molecule has 0 radical (unpaired) electrons. The van der Waals surface area contributed by atoms with Crippen LogP contribution in [0.2, 0.25) is 0 Å². The standard InChI is InChI=1S/C35H33N3O3/c39-33(25-36(23-26-13-4-1-5-14-26)34(40)28-17-8-3-9-18-28)38-30-22-12-19-29(30)35(41)37(24-27-15-6-2-7-16-27)31-20-10-11-21-32(31)38/h1-11,13-18,20-21,29-30H,12,19,22-25H2/t29-,30?/m0/s1. The van der Waals surface area contributed by atoms with Crippen molar-refractivity contribution in [2.45, 2.75) is 38.4 Å². The van der Waals surface area contributed by atoms with Crippen molar-refractivity contribution >= 4 is 29.1 Å². The summed E-state index contributed by atoms with van der Waals surface area (Å²) in [7, 11) is 0. The van der Waals surface area contributed by atoms with Gasteiger partial charge in [0.1, 0.15) is 6.54 Å². The van der Waals surface area contributed by atoms with Gasteiger partial charge in [-0.2, -0.15) is 0 Å². The average Bonchev–Trinajstić information content (AvgIpc) is 3.47. The van der Waals surface area contributed by atoms with Crippen molar-refractivity contribution in [3.63, 3.8) is 0 Å². The molecule has 0 saturated heterocycles. The Kier molecular flexibility index (Phi) is 7.63. The van der Waals surface area contributed by atoms with Gasteiger partial charge in [-0.25, -0.2) is 0 Å². The number of carbonyl (C=O) groups excluding carboxylic acids is 3. The van der Waals surface area contributed by atoms with E-state index in [0.29, 0.717) is 18.7 Å². The maximum Gasteiger partial charge on any atom is 0.254 e. The zero-order chi connectivity index (χ0) is 28.2. The van der Waals surface area contributed by atoms with E-state index in [1.807, 2.05) is 113 Å². The molecule has 41 heavy (non-hydrogen) atoms. The van der Waals surface area contributed by atoms with Gasteiger partial charge < -0.3 is 14.7 Å². The summed E-state index contributed by atoms with van der Waals surface area (Å²) in [5.41, 5.74) is 3.97. The lowest BCUT2D eigenvalue weighted by molar-refractivity contribution is -0.123. The van der Waals surface area contributed by atoms with Crippen LogP contribution in [0.4, 0.5) is 11.4 Å². The largest absolute Gasteiger partial charge is 0.325 e. The van der Waals surface area contributed by atoms with Gasteiger partial charge in [0.25, 0.3) is 5.91 Å². The van der Waals surface area contributed by atoms with E-state index in [1.165, 1.54) is 0 Å². The summed E-state index contributed by atoms with van der Waals surface area (Å²) in [6, 6.07) is 36.2. The van der Waals surface area contributed by atoms with Crippen LogP contribution in [0.25, 0.3) is 0 Å². The fourth-order valence-corrected chi connectivity index (χ4v) is 6.19. The molecule has 2 aliphatic rings. The molecular weight excluding hydrogens is 510 g/mol. The molecule has 1 fully saturated rings. The first kappa shape index (κ1) is 26.5. The Bertz CT molecular complexity index is 1520. The Morgan fingerprint density at radius 1 is 0.707 bits per heavy atom. The number of anilines is 2. The van der Waals surface area contributed by atoms with E-state index in [-0.39, 0.29) is 36.2 Å². The third kappa shape index (κ3) is 5.50. The van der Waals surface area contributed by atoms with Crippen molar-refractivity contribution < 1.29 is 14.4 Å². The fourth-order valence-electron chi connectivity index (χ4n) is 6.19. The SMILES string of the molecule is O=C(c1ccccc1)N(CC(=O)N1c2ccccc2N(Cc2ccccc2)C(=O)[C@H]2CCCC21)Cc1ccccc1. The fraction of sp³-hybridized carbons (Fsp3) is 0.229. The number of fused-ring (bicyclic) bond motifs is 2. The Labute approximate surface area is 240 Å². The molecular formula is C35H33N3O3. The predicted octanol–water partition coefficient (Wildman–Crippen LogP) is 6.08. The van der Waals surface area contributed by atoms with Crippen molar-refractivity contribution in [2.75, 3.05) is 16.3 Å². The number of rotatable bonds is 7. The maximum atomic E-state index is 14.4. The summed E-state index contributed by atoms with van der Waals surface area (Å²) in [5.74, 6) is -0.609. The van der Waals surface area contributed by atoms with Crippen molar-refractivity contribution in [3.8, 4) is 0 Å². The van der Waals surface area contributed by atoms with Crippen molar-refractivity contribution in [1.29, 1.82) is 0 Å². The van der Waals surface area contributed by atoms with Gasteiger partial charge in [0.15, 0.2) is 0 Å². The molecule has 1 heterocycles. The molecule has 206 valence electrons. The van der Waals surface area contributed by atoms with E-state index in [2.05, 4.69) is 0 Å². The third-order valence-corrected chi connectivity index (χ3v) is 8.13. The van der Waals surface area contributed by atoms with E-state index in [4.69, 9.17) is 0 Å². The summed E-state index contributed by atoms with van der Waals surface area (Å²) in [6.07, 6.45) is 2.37. The highest BCUT2D eigenvalue weighted by molar-refractivity contribution is 6.08. The second-order valence-corrected chi connectivity index (χ2v) is 10.8. The number of hydrogen-bond donors (Lipinski definition) is 0. The summed E-state index contributed by atoms with van der Waals surface area (Å²) in [5, 5.41) is 0. The number of hydrogen-bond acceptors (Lipinski definition) is 3. The van der Waals surface area contributed by atoms with Gasteiger partial charge in [0.05, 0.1) is 23.8 Å². The predicted molar refractivity (Wildman–Crippen MR) is 160 cm³/mol. The van der Waals surface area contributed by atoms with E-state index in [1.54, 1.807) is 17.0 Å². The van der Waals surface area contributed by atoms with E-state index in [0.717, 1.165) is 41.8 Å². The molecule has 3 amide bonds. The van der Waals surface area contributed by atoms with Crippen LogP contribution in [0, 0.1) is 5.92 Å². The van der Waals surface area contributed by atoms with Crippen LogP contribution in [0.15, 0.2) is 115 Å². The van der Waals surface area contributed by atoms with Crippen molar-refractivity contribution in [3.05, 3.63) is 132 Å². The molecule has 1 unspecified atom stereocenters. The van der Waals surface area contributed by atoms with Gasteiger partial charge in [-0.15, -0.1) is 0 Å². The molecule has 1 aliphatic carbocycles. The van der Waals surface area contributed by atoms with Crippen LogP contribution >= 0.6 is 0 Å². The number of amides is 3. The number of benzene rings is 4. The van der Waals surface area contributed by atoms with Crippen LogP contribution in [0.1, 0.15) is 40.7 Å². The number of nitrogens with zero attached hydrogens (tertiary/aromatic N) is 3. The van der Waals surface area contributed by atoms with Gasteiger partial charge >= 0.3 is 0 Å². The molecule has 2 atom stereocenters. The van der Waals surface area contributed by atoms with Crippen LogP contribution in [-0.2, 0) is 22.7 Å². The molecule has 0 bridgehead atoms. The molecule has 0 spiro atoms. The number of para-hydroxylation sites is 2. The van der Waals surface area contributed by atoms with Gasteiger partial charge in [-0.05, 0) is 48.2 Å². The summed E-state index contributed by atoms with van der Waals surface area (Å²) < 4.78 is 0. The second kappa shape index (κ2) is 11.8. The monoisotopic (exact) mass is 543 g/mol. The zero-order valence-corrected chi connectivity index (χ0v) is 22.9. The van der Waals surface area contributed by atoms with E-state index in [9.17, 15) is 14.4 Å². The Morgan fingerprint density at radius 2 is 1.29 bits per heavy atom. The van der Waals surface area contributed by atoms with Gasteiger partial charge in [-0.1, -0.05) is 97.4 Å². The summed E-state index contributed by atoms with van der Waals surface area (Å²) in [4.78, 5) is 47.4. The Hall–Kier alpha value is -4.71. The van der Waals surface area contributed by atoms with E-state index < -0.39 is 0 Å². The molecule has 6 nitrogen and oxygen atoms in total. The molecule has 1 aliphatic heterocycles. The summed E-state index contributed by atoms with van der Waals surface area (Å²) in [6.45, 7) is 0.657. The first-order chi connectivity index (χ1) is 20.1. The highest BCUT2D eigenvalue weighted by Crippen LogP contribution is 2.43. The second-order valence-electron chi connectivity index (χ2n) is 10.8. The quantitative estimate of drug-likeness (QED) is 0.284. The molecule has 1 saturated carbocycles. The highest BCUT2D eigenvalue weighted by atomic mass is 16.2. The lowest BCUT2D eigenvalue weighted by atomic mass is 10.0. The van der Waals surface area contributed by atoms with Crippen LogP contribution < -0.4 is 9.80 Å². The van der Waals surface area contributed by atoms with Crippen LogP contribution in [0.3, 0.4) is 0 Å². The first-order valence-electron chi connectivity index (χ1n) is 14.2. The van der Waals surface area contributed by atoms with Gasteiger partial charge in [0, 0.05) is 18.2 Å². The minimum absolute atomic E-state index is 0.0561. The normalized spacial score (nSPS) is 17.9. The average molecular weight is 544 g/mol. The Balaban J connectivity index is 1.36. The van der Waals surface area contributed by atoms with E-state index >= 15 is 0 Å². The smallest absolute Gasteiger partial charge is 0.254 e. The van der Waals surface area contributed by atoms with Gasteiger partial charge in [0.2, 0.25) is 11.8 Å². The van der Waals surface area contributed by atoms with Gasteiger partial charge in [-0.3, -0.25) is 14.4 Å². The molecule has 0 N–H and O–H groups in total. The minimum atomic E-state index is -0.289. The number of carbonyl (C=O) groups is 3. The topological polar surface area (TPSA) is 60.9 Å². The minimum Gasteiger partial charge on any atom is -0.325 e. The molecule has 6 rings (SSSR count). The van der Waals surface area contributed by atoms with Crippen molar-refractivity contribution in [1.82, 2.24) is 4.90 Å². The molecule has 6 heteroatoms. The van der Waals surface area contributed by atoms with Crippen LogP contribution in [0.5, 0.6) is 0 Å². The lowest BCUT2D eigenvalue weighted by Crippen LogP contribution is -2.49. The highest BCUT2D eigenvalue weighted by Gasteiger charge is 2.45. The zero-order valence-electron chi connectivity index (χ0n) is 22.9. The first-order valence-corrected chi connectivity index (χ1v) is 14.2.